The van der Waals surface area contributed by atoms with E-state index in [0.29, 0.717) is 0 Å². The van der Waals surface area contributed by atoms with E-state index < -0.39 is 0 Å². The lowest BCUT2D eigenvalue weighted by atomic mass is 9.43. The maximum atomic E-state index is 2.49. The van der Waals surface area contributed by atoms with Crippen molar-refractivity contribution in [1.29, 1.82) is 0 Å². The summed E-state index contributed by atoms with van der Waals surface area (Å²) >= 11 is 0. The summed E-state index contributed by atoms with van der Waals surface area (Å²) in [7, 11) is 0. The highest BCUT2D eigenvalue weighted by atomic mass is 14.6. The maximum Gasteiger partial charge on any atom is 0.0274 e. The van der Waals surface area contributed by atoms with Crippen molar-refractivity contribution in [2.75, 3.05) is 0 Å². The predicted molar refractivity (Wildman–Crippen MR) is 119 cm³/mol. The van der Waals surface area contributed by atoms with Crippen molar-refractivity contribution in [1.82, 2.24) is 0 Å². The first-order valence-corrected chi connectivity index (χ1v) is 11.6. The summed E-state index contributed by atoms with van der Waals surface area (Å²) in [6, 6.07) is 27.7. The molecule has 3 aromatic rings. The third-order valence-corrected chi connectivity index (χ3v) is 8.89. The normalized spacial score (nSPS) is 33.1. The van der Waals surface area contributed by atoms with Gasteiger partial charge in [-0.2, -0.15) is 0 Å². The average Bonchev–Trinajstić information content (AvgIpc) is 3.05. The van der Waals surface area contributed by atoms with E-state index in [-0.39, 0.29) is 5.41 Å². The molecule has 0 amide bonds. The van der Waals surface area contributed by atoms with Crippen molar-refractivity contribution >= 4 is 0 Å². The molecule has 29 heavy (non-hydrogen) atoms. The summed E-state index contributed by atoms with van der Waals surface area (Å²) in [4.78, 5) is 0. The monoisotopic (exact) mass is 376 g/mol. The second kappa shape index (κ2) is 5.85. The summed E-state index contributed by atoms with van der Waals surface area (Å²) in [6.45, 7) is 0. The van der Waals surface area contributed by atoms with Crippen LogP contribution in [0.5, 0.6) is 0 Å². The average molecular weight is 377 g/mol. The van der Waals surface area contributed by atoms with E-state index >= 15 is 0 Å². The van der Waals surface area contributed by atoms with Crippen LogP contribution in [0.25, 0.3) is 11.1 Å². The fourth-order valence-electron chi connectivity index (χ4n) is 8.27. The molecule has 0 N–H and O–H groups in total. The molecule has 144 valence electrons. The van der Waals surface area contributed by atoms with Gasteiger partial charge in [-0.3, -0.25) is 0 Å². The van der Waals surface area contributed by atoms with Crippen LogP contribution in [0.1, 0.15) is 54.4 Å². The number of hydrogen-bond acceptors (Lipinski definition) is 0. The second-order valence-electron chi connectivity index (χ2n) is 10.2. The Balaban J connectivity index is 1.49. The van der Waals surface area contributed by atoms with Crippen LogP contribution >= 0.6 is 0 Å². The van der Waals surface area contributed by atoms with Gasteiger partial charge in [0.05, 0.1) is 0 Å². The van der Waals surface area contributed by atoms with Gasteiger partial charge in [0.2, 0.25) is 0 Å². The molecule has 8 rings (SSSR count). The summed E-state index contributed by atoms with van der Waals surface area (Å²) in [5.74, 6) is 3.69. The third kappa shape index (κ3) is 2.10. The smallest absolute Gasteiger partial charge is 0.0274 e. The van der Waals surface area contributed by atoms with Gasteiger partial charge in [-0.25, -0.2) is 0 Å². The van der Waals surface area contributed by atoms with Crippen LogP contribution in [-0.4, -0.2) is 0 Å². The van der Waals surface area contributed by atoms with Crippen LogP contribution < -0.4 is 0 Å². The van der Waals surface area contributed by atoms with Crippen LogP contribution in [0.15, 0.2) is 72.8 Å². The Labute approximate surface area is 174 Å². The summed E-state index contributed by atoms with van der Waals surface area (Å²) in [5.41, 5.74) is 9.77. The first-order valence-electron chi connectivity index (χ1n) is 11.6. The topological polar surface area (TPSA) is 0 Å². The van der Waals surface area contributed by atoms with E-state index in [1.807, 2.05) is 0 Å². The molecule has 0 aromatic heterocycles. The number of rotatable bonds is 2. The van der Waals surface area contributed by atoms with Crippen molar-refractivity contribution < 1.29 is 0 Å². The molecule has 4 bridgehead atoms. The molecular weight excluding hydrogens is 348 g/mol. The van der Waals surface area contributed by atoms with E-state index in [1.54, 1.807) is 22.3 Å². The SMILES string of the molecule is c1ccc(Cc2cccc3c2C2(c4ccccc4-3)C3CC4CC(C3)CC2C4)cc1. The fraction of sp³-hybridized carbons (Fsp3) is 0.379. The van der Waals surface area contributed by atoms with E-state index in [0.717, 1.165) is 30.1 Å². The molecule has 0 saturated heterocycles. The Hall–Kier alpha value is -2.34. The minimum absolute atomic E-state index is 0.282. The van der Waals surface area contributed by atoms with Crippen LogP contribution in [0, 0.1) is 23.7 Å². The lowest BCUT2D eigenvalue weighted by molar-refractivity contribution is -0.0402. The van der Waals surface area contributed by atoms with Crippen molar-refractivity contribution in [2.24, 2.45) is 23.7 Å². The summed E-state index contributed by atoms with van der Waals surface area (Å²) in [5, 5.41) is 0. The highest BCUT2D eigenvalue weighted by Crippen LogP contribution is 2.69. The van der Waals surface area contributed by atoms with Gasteiger partial charge in [0.1, 0.15) is 0 Å². The zero-order chi connectivity index (χ0) is 19.0. The zero-order valence-electron chi connectivity index (χ0n) is 17.0. The zero-order valence-corrected chi connectivity index (χ0v) is 17.0. The molecule has 0 unspecified atom stereocenters. The molecule has 4 saturated carbocycles. The molecule has 0 aliphatic heterocycles. The Morgan fingerprint density at radius 3 is 2.03 bits per heavy atom. The Bertz CT molecular complexity index is 1060. The van der Waals surface area contributed by atoms with E-state index in [4.69, 9.17) is 0 Å². The molecule has 0 heterocycles. The van der Waals surface area contributed by atoms with Gasteiger partial charge in [-0.05, 0) is 95.6 Å². The van der Waals surface area contributed by atoms with Gasteiger partial charge in [0, 0.05) is 5.41 Å². The van der Waals surface area contributed by atoms with E-state index in [1.165, 1.54) is 43.2 Å². The van der Waals surface area contributed by atoms with Gasteiger partial charge >= 0.3 is 0 Å². The minimum atomic E-state index is 0.282. The largest absolute Gasteiger partial charge is 0.0622 e. The maximum absolute atomic E-state index is 2.49. The highest BCUT2D eigenvalue weighted by molar-refractivity contribution is 5.83. The standard InChI is InChI=1S/C29H28/c1-2-7-19(8-3-1)14-22-9-6-11-26-25-10-4-5-12-27(25)29(28(22)26)23-15-20-13-21(17-23)18-24(29)16-20/h1-12,20-21,23-24H,13-18H2. The van der Waals surface area contributed by atoms with Crippen LogP contribution in [0.4, 0.5) is 0 Å². The lowest BCUT2D eigenvalue weighted by Crippen LogP contribution is -2.55. The molecule has 4 fully saturated rings. The Kier molecular flexibility index (Phi) is 3.32. The van der Waals surface area contributed by atoms with Crippen molar-refractivity contribution in [3.63, 3.8) is 0 Å². The highest BCUT2D eigenvalue weighted by Gasteiger charge is 2.61. The number of hydrogen-bond donors (Lipinski definition) is 0. The van der Waals surface area contributed by atoms with Crippen LogP contribution in [0.3, 0.4) is 0 Å². The molecule has 0 atom stereocenters. The minimum Gasteiger partial charge on any atom is -0.0622 e. The molecule has 5 aliphatic carbocycles. The molecule has 1 spiro atoms. The van der Waals surface area contributed by atoms with Gasteiger partial charge in [-0.15, -0.1) is 0 Å². The van der Waals surface area contributed by atoms with E-state index in [9.17, 15) is 0 Å². The van der Waals surface area contributed by atoms with Crippen LogP contribution in [-0.2, 0) is 11.8 Å². The van der Waals surface area contributed by atoms with Gasteiger partial charge in [0.15, 0.2) is 0 Å². The van der Waals surface area contributed by atoms with Gasteiger partial charge < -0.3 is 0 Å². The van der Waals surface area contributed by atoms with Gasteiger partial charge in [0.25, 0.3) is 0 Å². The molecule has 0 nitrogen and oxygen atoms in total. The van der Waals surface area contributed by atoms with E-state index in [2.05, 4.69) is 72.8 Å². The predicted octanol–water partition coefficient (Wildman–Crippen LogP) is 7.00. The third-order valence-electron chi connectivity index (χ3n) is 8.89. The molecule has 0 radical (unpaired) electrons. The molecular formula is C29H28. The number of benzene rings is 3. The quantitative estimate of drug-likeness (QED) is 0.452. The van der Waals surface area contributed by atoms with Crippen LogP contribution in [0.2, 0.25) is 0 Å². The first-order chi connectivity index (χ1) is 14.3. The first kappa shape index (κ1) is 16.5. The van der Waals surface area contributed by atoms with Crippen molar-refractivity contribution in [2.45, 2.75) is 43.9 Å². The second-order valence-corrected chi connectivity index (χ2v) is 10.2. The van der Waals surface area contributed by atoms with Crippen molar-refractivity contribution in [3.8, 4) is 11.1 Å². The fourth-order valence-corrected chi connectivity index (χ4v) is 8.27. The number of fused-ring (bicyclic) bond motifs is 3. The van der Waals surface area contributed by atoms with Crippen molar-refractivity contribution in [3.05, 3.63) is 95.1 Å². The summed E-state index contributed by atoms with van der Waals surface area (Å²) < 4.78 is 0. The summed E-state index contributed by atoms with van der Waals surface area (Å²) in [6.07, 6.45) is 8.41. The lowest BCUT2D eigenvalue weighted by Gasteiger charge is -2.61. The van der Waals surface area contributed by atoms with Gasteiger partial charge in [-0.1, -0.05) is 72.8 Å². The Morgan fingerprint density at radius 2 is 1.28 bits per heavy atom. The Morgan fingerprint density at radius 1 is 0.621 bits per heavy atom. The molecule has 5 aliphatic rings. The molecule has 0 heteroatoms. The molecule has 3 aromatic carbocycles.